The van der Waals surface area contributed by atoms with E-state index in [2.05, 4.69) is 5.14 Å². The summed E-state index contributed by atoms with van der Waals surface area (Å²) in [5.74, 6) is 2.70. The van der Waals surface area contributed by atoms with E-state index in [1.54, 1.807) is 28.4 Å². The van der Waals surface area contributed by atoms with Crippen molar-refractivity contribution in [1.82, 2.24) is 0 Å². The average molecular weight is 397 g/mol. The molecular formula is C18H23NO7S. The normalized spacial score (nSPS) is 10.7. The van der Waals surface area contributed by atoms with Gasteiger partial charge in [0.2, 0.25) is 5.75 Å². The summed E-state index contributed by atoms with van der Waals surface area (Å²) in [4.78, 5) is 0. The first kappa shape index (κ1) is 22.3. The minimum atomic E-state index is -4.17. The molecule has 148 valence electrons. The van der Waals surface area contributed by atoms with Crippen molar-refractivity contribution in [3.8, 4) is 23.0 Å². The summed E-state index contributed by atoms with van der Waals surface area (Å²) in [6.07, 6.45) is 4.01. The Balaban J connectivity index is 0.000000646. The molecule has 0 amide bonds. The zero-order valence-electron chi connectivity index (χ0n) is 15.5. The molecule has 2 aromatic rings. The maximum atomic E-state index is 8.97. The van der Waals surface area contributed by atoms with Crippen LogP contribution < -0.4 is 24.1 Å². The van der Waals surface area contributed by atoms with E-state index in [4.69, 9.17) is 31.9 Å². The standard InChI is InChI=1S/C18H20O4.H3NO3S/c1-19-15-9-7-13(8-10-15)5-6-14-11-16(20-2)18(22-4)17(12-14)21-3;1-5(2,3)4/h5-12H,1-4H3;(H3,1,2,3,4)/b6-5-;. The van der Waals surface area contributed by atoms with Crippen molar-refractivity contribution in [3.05, 3.63) is 47.5 Å². The van der Waals surface area contributed by atoms with Gasteiger partial charge in [-0.1, -0.05) is 24.3 Å². The van der Waals surface area contributed by atoms with E-state index < -0.39 is 10.3 Å². The molecule has 0 aliphatic rings. The molecule has 0 aliphatic carbocycles. The van der Waals surface area contributed by atoms with Gasteiger partial charge in [0, 0.05) is 0 Å². The first-order valence-corrected chi connectivity index (χ1v) is 9.09. The first-order valence-electron chi connectivity index (χ1n) is 7.59. The fourth-order valence-electron chi connectivity index (χ4n) is 2.11. The predicted octanol–water partition coefficient (Wildman–Crippen LogP) is 2.64. The minimum absolute atomic E-state index is 0.589. The lowest BCUT2D eigenvalue weighted by atomic mass is 10.1. The van der Waals surface area contributed by atoms with E-state index in [0.717, 1.165) is 16.9 Å². The van der Waals surface area contributed by atoms with Crippen LogP contribution in [0.4, 0.5) is 0 Å². The molecule has 3 N–H and O–H groups in total. The van der Waals surface area contributed by atoms with Gasteiger partial charge >= 0.3 is 10.3 Å². The lowest BCUT2D eigenvalue weighted by Gasteiger charge is -2.12. The van der Waals surface area contributed by atoms with Crippen molar-refractivity contribution in [2.24, 2.45) is 5.14 Å². The van der Waals surface area contributed by atoms with Gasteiger partial charge < -0.3 is 18.9 Å². The van der Waals surface area contributed by atoms with E-state index in [9.17, 15) is 0 Å². The maximum Gasteiger partial charge on any atom is 0.330 e. The van der Waals surface area contributed by atoms with Crippen LogP contribution in [0.25, 0.3) is 12.2 Å². The van der Waals surface area contributed by atoms with Gasteiger partial charge in [-0.2, -0.15) is 8.42 Å². The summed E-state index contributed by atoms with van der Waals surface area (Å²) in [5, 5.41) is 3.88. The van der Waals surface area contributed by atoms with E-state index >= 15 is 0 Å². The fourth-order valence-corrected chi connectivity index (χ4v) is 2.11. The van der Waals surface area contributed by atoms with E-state index in [0.29, 0.717) is 17.2 Å². The molecule has 8 nitrogen and oxygen atoms in total. The third-order valence-electron chi connectivity index (χ3n) is 3.27. The Kier molecular flexibility index (Phi) is 8.60. The topological polar surface area (TPSA) is 117 Å². The molecule has 0 atom stereocenters. The van der Waals surface area contributed by atoms with Crippen molar-refractivity contribution in [2.75, 3.05) is 28.4 Å². The Morgan fingerprint density at radius 3 is 1.63 bits per heavy atom. The molecule has 0 aliphatic heterocycles. The predicted molar refractivity (Wildman–Crippen MR) is 104 cm³/mol. The highest BCUT2D eigenvalue weighted by atomic mass is 32.2. The summed E-state index contributed by atoms with van der Waals surface area (Å²) < 4.78 is 46.4. The number of methoxy groups -OCH3 is 4. The van der Waals surface area contributed by atoms with Crippen LogP contribution in [0.5, 0.6) is 23.0 Å². The lowest BCUT2D eigenvalue weighted by Crippen LogP contribution is -2.08. The van der Waals surface area contributed by atoms with Crippen molar-refractivity contribution < 1.29 is 31.9 Å². The molecule has 2 aromatic carbocycles. The van der Waals surface area contributed by atoms with Gasteiger partial charge in [0.05, 0.1) is 28.4 Å². The lowest BCUT2D eigenvalue weighted by molar-refractivity contribution is 0.324. The number of benzene rings is 2. The second-order valence-corrected chi connectivity index (χ2v) is 6.11. The Bertz CT molecular complexity index is 829. The van der Waals surface area contributed by atoms with Crippen LogP contribution in [0.1, 0.15) is 11.1 Å². The number of rotatable bonds is 6. The third-order valence-corrected chi connectivity index (χ3v) is 3.27. The van der Waals surface area contributed by atoms with Crippen LogP contribution >= 0.6 is 0 Å². The number of nitrogens with two attached hydrogens (primary N) is 1. The van der Waals surface area contributed by atoms with E-state index in [1.807, 2.05) is 48.6 Å². The molecule has 0 bridgehead atoms. The fraction of sp³-hybridized carbons (Fsp3) is 0.222. The number of hydrogen-bond acceptors (Lipinski definition) is 6. The van der Waals surface area contributed by atoms with Crippen LogP contribution in [0.3, 0.4) is 0 Å². The molecule has 0 saturated heterocycles. The van der Waals surface area contributed by atoms with Crippen molar-refractivity contribution in [1.29, 1.82) is 0 Å². The van der Waals surface area contributed by atoms with E-state index in [-0.39, 0.29) is 0 Å². The van der Waals surface area contributed by atoms with Gasteiger partial charge in [0.25, 0.3) is 0 Å². The summed E-state index contributed by atoms with van der Waals surface area (Å²) in [7, 11) is 2.29. The molecule has 0 fully saturated rings. The third kappa shape index (κ3) is 7.99. The molecule has 0 aromatic heterocycles. The quantitative estimate of drug-likeness (QED) is 0.568. The Hall–Kier alpha value is -2.75. The molecule has 9 heteroatoms. The highest BCUT2D eigenvalue weighted by molar-refractivity contribution is 7.83. The second-order valence-electron chi connectivity index (χ2n) is 5.08. The van der Waals surface area contributed by atoms with Crippen LogP contribution in [-0.4, -0.2) is 41.4 Å². The maximum absolute atomic E-state index is 8.97. The minimum Gasteiger partial charge on any atom is -0.497 e. The van der Waals surface area contributed by atoms with Gasteiger partial charge in [-0.05, 0) is 35.4 Å². The number of ether oxygens (including phenoxy) is 4. The Morgan fingerprint density at radius 2 is 1.26 bits per heavy atom. The van der Waals surface area contributed by atoms with Crippen LogP contribution in [0.15, 0.2) is 36.4 Å². The summed E-state index contributed by atoms with van der Waals surface area (Å²) in [6.45, 7) is 0. The largest absolute Gasteiger partial charge is 0.497 e. The smallest absolute Gasteiger partial charge is 0.330 e. The summed E-state index contributed by atoms with van der Waals surface area (Å²) in [5.41, 5.74) is 2.04. The molecular weight excluding hydrogens is 374 g/mol. The Morgan fingerprint density at radius 1 is 0.815 bits per heavy atom. The van der Waals surface area contributed by atoms with Crippen LogP contribution in [0, 0.1) is 0 Å². The molecule has 0 heterocycles. The summed E-state index contributed by atoms with van der Waals surface area (Å²) in [6, 6.07) is 11.6. The SMILES string of the molecule is COc1ccc(/C=C\c2cc(OC)c(OC)c(OC)c2)cc1.NS(=O)(=O)O. The molecule has 0 saturated carbocycles. The van der Waals surface area contributed by atoms with Crippen LogP contribution in [-0.2, 0) is 10.3 Å². The highest BCUT2D eigenvalue weighted by Crippen LogP contribution is 2.38. The second kappa shape index (κ2) is 10.4. The number of hydrogen-bond donors (Lipinski definition) is 2. The Labute approximate surface area is 159 Å². The van der Waals surface area contributed by atoms with Gasteiger partial charge in [-0.3, -0.25) is 4.55 Å². The molecule has 27 heavy (non-hydrogen) atoms. The average Bonchev–Trinajstić information content (AvgIpc) is 2.64. The monoisotopic (exact) mass is 397 g/mol. The first-order chi connectivity index (χ1) is 12.7. The summed E-state index contributed by atoms with van der Waals surface area (Å²) >= 11 is 0. The van der Waals surface area contributed by atoms with E-state index in [1.165, 1.54) is 0 Å². The zero-order valence-corrected chi connectivity index (χ0v) is 16.3. The molecule has 0 unspecified atom stereocenters. The molecule has 0 radical (unpaired) electrons. The van der Waals surface area contributed by atoms with Crippen molar-refractivity contribution in [2.45, 2.75) is 0 Å². The molecule has 2 rings (SSSR count). The van der Waals surface area contributed by atoms with Crippen LogP contribution in [0.2, 0.25) is 0 Å². The van der Waals surface area contributed by atoms with Gasteiger partial charge in [0.1, 0.15) is 5.75 Å². The molecule has 0 spiro atoms. The van der Waals surface area contributed by atoms with Gasteiger partial charge in [-0.25, -0.2) is 5.14 Å². The van der Waals surface area contributed by atoms with Gasteiger partial charge in [-0.15, -0.1) is 0 Å². The highest BCUT2D eigenvalue weighted by Gasteiger charge is 2.11. The van der Waals surface area contributed by atoms with Crippen molar-refractivity contribution in [3.63, 3.8) is 0 Å². The van der Waals surface area contributed by atoms with Gasteiger partial charge in [0.15, 0.2) is 11.5 Å². The zero-order chi connectivity index (χ0) is 20.4. The van der Waals surface area contributed by atoms with Crippen molar-refractivity contribution >= 4 is 22.5 Å².